The molecule has 0 aliphatic rings. The van der Waals surface area contributed by atoms with E-state index in [-0.39, 0.29) is 4.83 Å². The van der Waals surface area contributed by atoms with Gasteiger partial charge in [-0.1, -0.05) is 69.1 Å². The molecule has 0 saturated heterocycles. The topological polar surface area (TPSA) is 57.1 Å². The first-order valence-corrected chi connectivity index (χ1v) is 9.56. The Hall–Kier alpha value is -2.18. The van der Waals surface area contributed by atoms with Crippen molar-refractivity contribution in [3.63, 3.8) is 0 Å². The van der Waals surface area contributed by atoms with E-state index < -0.39 is 18.2 Å². The lowest BCUT2D eigenvalue weighted by atomic mass is 10.1. The molecule has 2 aromatic carbocycles. The first-order chi connectivity index (χ1) is 13.0. The summed E-state index contributed by atoms with van der Waals surface area (Å²) in [6, 6.07) is 17.0. The maximum atomic E-state index is 12.5. The molecule has 6 heteroatoms. The van der Waals surface area contributed by atoms with E-state index in [4.69, 9.17) is 14.3 Å². The average Bonchev–Trinajstić information content (AvgIpc) is 2.67. The predicted octanol–water partition coefficient (Wildman–Crippen LogP) is 4.52. The Kier molecular flexibility index (Phi) is 8.48. The van der Waals surface area contributed by atoms with Gasteiger partial charge in [0.05, 0.1) is 23.2 Å². The molecule has 0 heterocycles. The zero-order valence-electron chi connectivity index (χ0n) is 15.7. The summed E-state index contributed by atoms with van der Waals surface area (Å²) in [4.78, 5) is 17.2. The molecule has 144 valence electrons. The van der Waals surface area contributed by atoms with E-state index in [2.05, 4.69) is 21.1 Å². The van der Waals surface area contributed by atoms with Crippen LogP contribution in [-0.4, -0.2) is 36.3 Å². The van der Waals surface area contributed by atoms with Gasteiger partial charge < -0.3 is 14.3 Å². The molecule has 0 spiro atoms. The van der Waals surface area contributed by atoms with Crippen LogP contribution < -0.4 is 0 Å². The Morgan fingerprint density at radius 2 is 1.81 bits per heavy atom. The van der Waals surface area contributed by atoms with Crippen LogP contribution in [0.1, 0.15) is 28.4 Å². The molecule has 2 rings (SSSR count). The normalized spacial score (nSPS) is 14.5. The first kappa shape index (κ1) is 21.1. The SMILES string of the molecule is CON=C[C@H](OCc1ccccc1)[C@@H](OC(=O)c1ccc(C)cc1)[C@H](C)Br. The molecule has 3 atom stereocenters. The van der Waals surface area contributed by atoms with Gasteiger partial charge >= 0.3 is 5.97 Å². The summed E-state index contributed by atoms with van der Waals surface area (Å²) in [6.45, 7) is 4.22. The van der Waals surface area contributed by atoms with Crippen molar-refractivity contribution in [2.24, 2.45) is 5.16 Å². The van der Waals surface area contributed by atoms with E-state index in [9.17, 15) is 4.79 Å². The Labute approximate surface area is 168 Å². The Balaban J connectivity index is 2.13. The first-order valence-electron chi connectivity index (χ1n) is 8.65. The number of hydrogen-bond acceptors (Lipinski definition) is 5. The Morgan fingerprint density at radius 3 is 2.41 bits per heavy atom. The van der Waals surface area contributed by atoms with Gasteiger partial charge in [-0.2, -0.15) is 0 Å². The van der Waals surface area contributed by atoms with E-state index in [1.807, 2.05) is 56.3 Å². The van der Waals surface area contributed by atoms with Crippen molar-refractivity contribution in [3.05, 3.63) is 71.3 Å². The quantitative estimate of drug-likeness (QED) is 0.252. The van der Waals surface area contributed by atoms with E-state index >= 15 is 0 Å². The number of rotatable bonds is 9. The molecule has 27 heavy (non-hydrogen) atoms. The number of nitrogens with zero attached hydrogens (tertiary/aromatic N) is 1. The second-order valence-corrected chi connectivity index (χ2v) is 7.56. The van der Waals surface area contributed by atoms with E-state index in [0.717, 1.165) is 11.1 Å². The number of aryl methyl sites for hydroxylation is 1. The Bertz CT molecular complexity index is 732. The summed E-state index contributed by atoms with van der Waals surface area (Å²) in [6.07, 6.45) is 0.351. The molecule has 0 aromatic heterocycles. The van der Waals surface area contributed by atoms with Gasteiger partial charge in [-0.15, -0.1) is 0 Å². The summed E-state index contributed by atoms with van der Waals surface area (Å²) >= 11 is 3.51. The maximum absolute atomic E-state index is 12.5. The highest BCUT2D eigenvalue weighted by atomic mass is 79.9. The summed E-state index contributed by atoms with van der Waals surface area (Å²) in [7, 11) is 1.45. The van der Waals surface area contributed by atoms with Crippen LogP contribution in [0.15, 0.2) is 59.8 Å². The lowest BCUT2D eigenvalue weighted by Gasteiger charge is -2.26. The molecular weight excluding hydrogens is 410 g/mol. The molecule has 0 bridgehead atoms. The lowest BCUT2D eigenvalue weighted by molar-refractivity contribution is -0.0282. The highest BCUT2D eigenvalue weighted by Crippen LogP contribution is 2.19. The van der Waals surface area contributed by atoms with Crippen molar-refractivity contribution in [1.29, 1.82) is 0 Å². The molecule has 0 aliphatic heterocycles. The minimum atomic E-state index is -0.582. The number of ether oxygens (including phenoxy) is 2. The van der Waals surface area contributed by atoms with Crippen molar-refractivity contribution >= 4 is 28.1 Å². The van der Waals surface area contributed by atoms with Gasteiger partial charge in [0.1, 0.15) is 19.3 Å². The summed E-state index contributed by atoms with van der Waals surface area (Å²) in [5, 5.41) is 3.82. The predicted molar refractivity (Wildman–Crippen MR) is 109 cm³/mol. The molecule has 0 fully saturated rings. The number of halogens is 1. The number of carbonyl (C=O) groups excluding carboxylic acids is 1. The number of oxime groups is 1. The fourth-order valence-electron chi connectivity index (χ4n) is 2.41. The summed E-state index contributed by atoms with van der Waals surface area (Å²) in [5.74, 6) is -0.412. The van der Waals surface area contributed by atoms with E-state index in [1.165, 1.54) is 13.3 Å². The molecule has 0 aliphatic carbocycles. The monoisotopic (exact) mass is 433 g/mol. The van der Waals surface area contributed by atoms with Gasteiger partial charge in [0, 0.05) is 0 Å². The highest BCUT2D eigenvalue weighted by Gasteiger charge is 2.30. The van der Waals surface area contributed by atoms with Crippen molar-refractivity contribution in [2.75, 3.05) is 7.11 Å². The van der Waals surface area contributed by atoms with Crippen LogP contribution in [0.3, 0.4) is 0 Å². The minimum Gasteiger partial charge on any atom is -0.454 e. The number of hydrogen-bond donors (Lipinski definition) is 0. The zero-order valence-corrected chi connectivity index (χ0v) is 17.3. The van der Waals surface area contributed by atoms with Crippen LogP contribution in [0, 0.1) is 6.92 Å². The molecule has 0 N–H and O–H groups in total. The molecule has 0 saturated carbocycles. The number of esters is 1. The van der Waals surface area contributed by atoms with Gasteiger partial charge in [0.25, 0.3) is 0 Å². The summed E-state index contributed by atoms with van der Waals surface area (Å²) in [5.41, 5.74) is 2.58. The average molecular weight is 434 g/mol. The van der Waals surface area contributed by atoms with Gasteiger partial charge in [-0.25, -0.2) is 4.79 Å². The number of benzene rings is 2. The largest absolute Gasteiger partial charge is 0.454 e. The minimum absolute atomic E-state index is 0.157. The number of alkyl halides is 1. The van der Waals surface area contributed by atoms with Crippen LogP contribution in [0.2, 0.25) is 0 Å². The van der Waals surface area contributed by atoms with Crippen LogP contribution in [0.4, 0.5) is 0 Å². The molecule has 0 unspecified atom stereocenters. The summed E-state index contributed by atoms with van der Waals surface area (Å²) < 4.78 is 11.7. The third-order valence-corrected chi connectivity index (χ3v) is 4.43. The fraction of sp³-hybridized carbons (Fsp3) is 0.333. The zero-order chi connectivity index (χ0) is 19.6. The van der Waals surface area contributed by atoms with E-state index in [0.29, 0.717) is 12.2 Å². The third kappa shape index (κ3) is 6.81. The standard InChI is InChI=1S/C21H24BrNO4/c1-15-9-11-18(12-10-15)21(24)27-20(16(2)22)19(13-23-25-3)26-14-17-7-5-4-6-8-17/h4-13,16,19-20H,14H2,1-3H3/t16-,19-,20-/m0/s1. The smallest absolute Gasteiger partial charge is 0.338 e. The molecular formula is C21H24BrNO4. The van der Waals surface area contributed by atoms with Gasteiger partial charge in [-0.3, -0.25) is 0 Å². The van der Waals surface area contributed by atoms with Gasteiger partial charge in [-0.05, 0) is 31.5 Å². The number of carbonyl (C=O) groups is 1. The van der Waals surface area contributed by atoms with Crippen molar-refractivity contribution in [1.82, 2.24) is 0 Å². The van der Waals surface area contributed by atoms with Crippen LogP contribution in [0.5, 0.6) is 0 Å². The fourth-order valence-corrected chi connectivity index (χ4v) is 2.82. The van der Waals surface area contributed by atoms with E-state index in [1.54, 1.807) is 12.1 Å². The van der Waals surface area contributed by atoms with Crippen LogP contribution in [-0.2, 0) is 20.9 Å². The van der Waals surface area contributed by atoms with Gasteiger partial charge in [0.2, 0.25) is 0 Å². The van der Waals surface area contributed by atoms with Crippen LogP contribution in [0.25, 0.3) is 0 Å². The van der Waals surface area contributed by atoms with Crippen LogP contribution >= 0.6 is 15.9 Å². The van der Waals surface area contributed by atoms with Crippen molar-refractivity contribution in [3.8, 4) is 0 Å². The molecule has 5 nitrogen and oxygen atoms in total. The maximum Gasteiger partial charge on any atom is 0.338 e. The third-order valence-electron chi connectivity index (χ3n) is 3.91. The molecule has 0 radical (unpaired) electrons. The van der Waals surface area contributed by atoms with Gasteiger partial charge in [0.15, 0.2) is 0 Å². The highest BCUT2D eigenvalue weighted by molar-refractivity contribution is 9.09. The second kappa shape index (κ2) is 10.8. The second-order valence-electron chi connectivity index (χ2n) is 6.11. The van der Waals surface area contributed by atoms with Crippen molar-refractivity contribution < 1.29 is 19.1 Å². The lowest BCUT2D eigenvalue weighted by Crippen LogP contribution is -2.40. The molecule has 0 amide bonds. The molecule has 2 aromatic rings. The van der Waals surface area contributed by atoms with Crippen molar-refractivity contribution in [2.45, 2.75) is 37.5 Å². The Morgan fingerprint density at radius 1 is 1.15 bits per heavy atom.